The number of ether oxygens (including phenoxy) is 1. The number of nitrogens with zero attached hydrogens (tertiary/aromatic N) is 3. The molecule has 0 bridgehead atoms. The third kappa shape index (κ3) is 8.92. The predicted molar refractivity (Wildman–Crippen MR) is 174 cm³/mol. The van der Waals surface area contributed by atoms with Crippen molar-refractivity contribution in [3.8, 4) is 5.75 Å². The van der Waals surface area contributed by atoms with Crippen molar-refractivity contribution in [2.75, 3.05) is 53.8 Å². The van der Waals surface area contributed by atoms with Gasteiger partial charge in [-0.25, -0.2) is 9.59 Å². The van der Waals surface area contributed by atoms with E-state index >= 15 is 0 Å². The van der Waals surface area contributed by atoms with Crippen LogP contribution in [0.1, 0.15) is 10.4 Å². The molecule has 3 N–H and O–H groups in total. The van der Waals surface area contributed by atoms with Gasteiger partial charge in [-0.05, 0) is 54.6 Å². The number of anilines is 4. The lowest BCUT2D eigenvalue weighted by atomic mass is 10.2. The van der Waals surface area contributed by atoms with E-state index in [4.69, 9.17) is 4.74 Å². The van der Waals surface area contributed by atoms with Gasteiger partial charge in [0.1, 0.15) is 12.3 Å². The number of carboxylic acid groups (broad SMARTS) is 1. The summed E-state index contributed by atoms with van der Waals surface area (Å²) in [5.41, 5.74) is 1.83. The first-order valence-electron chi connectivity index (χ1n) is 14.2. The summed E-state index contributed by atoms with van der Waals surface area (Å²) in [6, 6.07) is 29.3. The Morgan fingerprint density at radius 2 is 1.26 bits per heavy atom. The Kier molecular flexibility index (Phi) is 11.0. The van der Waals surface area contributed by atoms with Gasteiger partial charge in [-0.2, -0.15) is 0 Å². The third-order valence-corrected chi connectivity index (χ3v) is 6.89. The first-order valence-corrected chi connectivity index (χ1v) is 14.2. The molecule has 0 saturated carbocycles. The zero-order valence-electron chi connectivity index (χ0n) is 25.3. The molecule has 0 aliphatic carbocycles. The van der Waals surface area contributed by atoms with Gasteiger partial charge >= 0.3 is 12.0 Å². The molecule has 0 aliphatic rings. The Morgan fingerprint density at radius 1 is 0.674 bits per heavy atom. The number of amides is 5. The van der Waals surface area contributed by atoms with E-state index in [1.165, 1.54) is 45.0 Å². The van der Waals surface area contributed by atoms with E-state index in [1.54, 1.807) is 68.7 Å². The largest absolute Gasteiger partial charge is 0.484 e. The van der Waals surface area contributed by atoms with Crippen LogP contribution in [0.2, 0.25) is 0 Å². The van der Waals surface area contributed by atoms with E-state index < -0.39 is 30.4 Å². The van der Waals surface area contributed by atoms with Crippen molar-refractivity contribution in [3.63, 3.8) is 0 Å². The molecule has 0 radical (unpaired) electrons. The number of hydrogen-bond acceptors (Lipinski definition) is 6. The van der Waals surface area contributed by atoms with Gasteiger partial charge in [0.2, 0.25) is 11.8 Å². The molecule has 0 fully saturated rings. The van der Waals surface area contributed by atoms with Crippen molar-refractivity contribution in [1.82, 2.24) is 5.32 Å². The normalized spacial score (nSPS) is 10.3. The fraction of sp³-hybridized carbons (Fsp3) is 0.147. The summed E-state index contributed by atoms with van der Waals surface area (Å²) in [4.78, 5) is 67.4. The Bertz CT molecular complexity index is 1700. The number of carboxylic acids is 1. The second-order valence-electron chi connectivity index (χ2n) is 10.0. The van der Waals surface area contributed by atoms with Crippen LogP contribution < -0.4 is 30.1 Å². The molecule has 46 heavy (non-hydrogen) atoms. The van der Waals surface area contributed by atoms with Crippen LogP contribution in [-0.2, 0) is 14.4 Å². The van der Waals surface area contributed by atoms with Crippen LogP contribution in [0.15, 0.2) is 109 Å². The second kappa shape index (κ2) is 15.5. The van der Waals surface area contributed by atoms with Crippen LogP contribution in [0.4, 0.5) is 27.5 Å². The predicted octanol–water partition coefficient (Wildman–Crippen LogP) is 4.24. The molecule has 236 valence electrons. The number of carbonyl (C=O) groups excluding carboxylic acids is 4. The van der Waals surface area contributed by atoms with Crippen molar-refractivity contribution in [2.45, 2.75) is 0 Å². The molecule has 4 aromatic rings. The Hall–Kier alpha value is -6.17. The van der Waals surface area contributed by atoms with E-state index in [-0.39, 0.29) is 36.1 Å². The fourth-order valence-electron chi connectivity index (χ4n) is 4.30. The highest BCUT2D eigenvalue weighted by molar-refractivity contribution is 6.05. The zero-order chi connectivity index (χ0) is 33.1. The lowest BCUT2D eigenvalue weighted by Crippen LogP contribution is -2.46. The number of hydrogen-bond donors (Lipinski definition) is 3. The van der Waals surface area contributed by atoms with Gasteiger partial charge in [0.05, 0.1) is 12.1 Å². The first kappa shape index (κ1) is 32.7. The molecule has 0 aromatic heterocycles. The number of para-hydroxylation sites is 2. The maximum Gasteiger partial charge on any atom is 0.335 e. The quantitative estimate of drug-likeness (QED) is 0.214. The van der Waals surface area contributed by atoms with Gasteiger partial charge in [-0.3, -0.25) is 14.4 Å². The molecule has 0 aliphatic heterocycles. The summed E-state index contributed by atoms with van der Waals surface area (Å²) in [7, 11) is 3.23. The molecule has 4 aromatic carbocycles. The summed E-state index contributed by atoms with van der Waals surface area (Å²) < 4.78 is 5.75. The molecule has 0 spiro atoms. The molecule has 0 heterocycles. The average Bonchev–Trinajstić information content (AvgIpc) is 3.08. The molecular weight excluding hydrogens is 590 g/mol. The monoisotopic (exact) mass is 623 g/mol. The van der Waals surface area contributed by atoms with Gasteiger partial charge in [0.25, 0.3) is 5.91 Å². The topological polar surface area (TPSA) is 149 Å². The van der Waals surface area contributed by atoms with Gasteiger partial charge in [0, 0.05) is 42.9 Å². The number of urea groups is 1. The van der Waals surface area contributed by atoms with Crippen LogP contribution in [0, 0.1) is 0 Å². The fourth-order valence-corrected chi connectivity index (χ4v) is 4.30. The Morgan fingerprint density at radius 3 is 1.89 bits per heavy atom. The van der Waals surface area contributed by atoms with Crippen molar-refractivity contribution in [3.05, 3.63) is 115 Å². The van der Waals surface area contributed by atoms with Gasteiger partial charge in [-0.1, -0.05) is 48.5 Å². The number of benzene rings is 4. The molecular formula is C34H33N5O7. The van der Waals surface area contributed by atoms with Crippen molar-refractivity contribution < 1.29 is 33.8 Å². The number of carbonyl (C=O) groups is 5. The summed E-state index contributed by atoms with van der Waals surface area (Å²) in [6.07, 6.45) is 0. The average molecular weight is 624 g/mol. The first-order chi connectivity index (χ1) is 22.1. The van der Waals surface area contributed by atoms with E-state index in [0.29, 0.717) is 17.1 Å². The van der Waals surface area contributed by atoms with Crippen LogP contribution in [0.3, 0.4) is 0 Å². The maximum atomic E-state index is 13.5. The standard InChI is InChI=1S/C34H33N5O7/c1-37(26-13-5-3-6-14-26)31(41)22-39(30(40)21-35-34(45)36-25-12-9-11-24(19-25)33(43)44)28-17-10-18-29(20-28)46-23-32(42)38(2)27-15-7-4-8-16-27/h3-20H,21-23H2,1-2H3,(H,43,44)(H2,35,36,45). The van der Waals surface area contributed by atoms with Crippen LogP contribution in [-0.4, -0.2) is 68.6 Å². The van der Waals surface area contributed by atoms with Crippen LogP contribution in [0.5, 0.6) is 5.75 Å². The summed E-state index contributed by atoms with van der Waals surface area (Å²) in [6.45, 7) is -1.13. The number of aromatic carboxylic acids is 1. The minimum Gasteiger partial charge on any atom is -0.484 e. The smallest absolute Gasteiger partial charge is 0.335 e. The minimum absolute atomic E-state index is 0.0170. The Balaban J connectivity index is 1.48. The molecule has 4 rings (SSSR count). The molecule has 0 unspecified atom stereocenters. The molecule has 12 heteroatoms. The van der Waals surface area contributed by atoms with E-state index in [9.17, 15) is 29.1 Å². The number of rotatable bonds is 12. The maximum absolute atomic E-state index is 13.5. The summed E-state index contributed by atoms with van der Waals surface area (Å²) >= 11 is 0. The second-order valence-corrected chi connectivity index (χ2v) is 10.0. The number of nitrogens with one attached hydrogen (secondary N) is 2. The van der Waals surface area contributed by atoms with E-state index in [1.807, 2.05) is 24.3 Å². The van der Waals surface area contributed by atoms with E-state index in [0.717, 1.165) is 0 Å². The highest BCUT2D eigenvalue weighted by Gasteiger charge is 2.23. The van der Waals surface area contributed by atoms with Crippen LogP contribution >= 0.6 is 0 Å². The minimum atomic E-state index is -1.15. The van der Waals surface area contributed by atoms with Gasteiger partial charge < -0.3 is 35.2 Å². The Labute approximate surface area is 265 Å². The van der Waals surface area contributed by atoms with Crippen molar-refractivity contribution >= 4 is 52.5 Å². The summed E-state index contributed by atoms with van der Waals surface area (Å²) in [5.74, 6) is -2.17. The van der Waals surface area contributed by atoms with Crippen LogP contribution in [0.25, 0.3) is 0 Å². The molecule has 12 nitrogen and oxygen atoms in total. The highest BCUT2D eigenvalue weighted by atomic mass is 16.5. The van der Waals surface area contributed by atoms with Gasteiger partial charge in [0.15, 0.2) is 6.61 Å². The number of likely N-dealkylation sites (N-methyl/N-ethyl adjacent to an activating group) is 2. The summed E-state index contributed by atoms with van der Waals surface area (Å²) in [5, 5.41) is 14.1. The van der Waals surface area contributed by atoms with E-state index in [2.05, 4.69) is 10.6 Å². The molecule has 5 amide bonds. The SMILES string of the molecule is CN(C(=O)COc1cccc(N(CC(=O)N(C)c2ccccc2)C(=O)CNC(=O)Nc2cccc(C(=O)O)c2)c1)c1ccccc1. The third-order valence-electron chi connectivity index (χ3n) is 6.89. The lowest BCUT2D eigenvalue weighted by Gasteiger charge is -2.26. The highest BCUT2D eigenvalue weighted by Crippen LogP contribution is 2.23. The molecule has 0 atom stereocenters. The van der Waals surface area contributed by atoms with Gasteiger partial charge in [-0.15, -0.1) is 0 Å². The molecule has 0 saturated heterocycles. The van der Waals surface area contributed by atoms with Crippen molar-refractivity contribution in [2.24, 2.45) is 0 Å². The lowest BCUT2D eigenvalue weighted by molar-refractivity contribution is -0.121. The van der Waals surface area contributed by atoms with Crippen molar-refractivity contribution in [1.29, 1.82) is 0 Å². The zero-order valence-corrected chi connectivity index (χ0v) is 25.3.